The van der Waals surface area contributed by atoms with Crippen LogP contribution >= 0.6 is 0 Å². The predicted molar refractivity (Wildman–Crippen MR) is 220 cm³/mol. The third-order valence-electron chi connectivity index (χ3n) is 9.77. The van der Waals surface area contributed by atoms with Gasteiger partial charge in [0.1, 0.15) is 24.3 Å². The van der Waals surface area contributed by atoms with Gasteiger partial charge in [0.2, 0.25) is 11.8 Å². The van der Waals surface area contributed by atoms with Crippen molar-refractivity contribution in [3.05, 3.63) is 70.4 Å². The molecule has 0 aliphatic carbocycles. The zero-order valence-corrected chi connectivity index (χ0v) is 36.3. The van der Waals surface area contributed by atoms with Gasteiger partial charge in [0.05, 0.1) is 23.7 Å². The molecule has 15 heteroatoms. The van der Waals surface area contributed by atoms with Crippen LogP contribution in [0.4, 0.5) is 10.5 Å². The van der Waals surface area contributed by atoms with Crippen molar-refractivity contribution < 1.29 is 28.7 Å². The summed E-state index contributed by atoms with van der Waals surface area (Å²) in [6.45, 7) is 23.4. The number of likely N-dealkylation sites (N-methyl/N-ethyl adjacent to an activating group) is 1. The Labute approximate surface area is 322 Å². The Morgan fingerprint density at radius 3 is 2.33 bits per heavy atom. The number of para-hydroxylation sites is 1. The zero-order chi connectivity index (χ0) is 40.6. The molecule has 0 saturated carbocycles. The molecular weight excluding hydrogens is 721 g/mol. The topological polar surface area (TPSA) is 157 Å². The summed E-state index contributed by atoms with van der Waals surface area (Å²) >= 11 is 0. The van der Waals surface area contributed by atoms with Crippen LogP contribution in [-0.4, -0.2) is 85.2 Å². The van der Waals surface area contributed by atoms with Crippen molar-refractivity contribution in [2.24, 2.45) is 5.92 Å². The Balaban J connectivity index is 2.01. The van der Waals surface area contributed by atoms with Crippen molar-refractivity contribution in [1.82, 2.24) is 24.3 Å². The highest BCUT2D eigenvalue weighted by Crippen LogP contribution is 2.42. The van der Waals surface area contributed by atoms with Crippen LogP contribution in [0, 0.1) is 5.92 Å². The molecule has 54 heavy (non-hydrogen) atoms. The van der Waals surface area contributed by atoms with E-state index in [1.165, 1.54) is 21.6 Å². The highest BCUT2D eigenvalue weighted by atomic mass is 28.4. The lowest BCUT2D eigenvalue weighted by atomic mass is 9.98. The summed E-state index contributed by atoms with van der Waals surface area (Å²) in [5.41, 5.74) is 2.17. The van der Waals surface area contributed by atoms with Gasteiger partial charge in [-0.25, -0.2) is 9.78 Å². The van der Waals surface area contributed by atoms with Gasteiger partial charge in [-0.1, -0.05) is 72.5 Å². The van der Waals surface area contributed by atoms with Crippen molar-refractivity contribution >= 4 is 51.0 Å². The molecule has 3 rings (SSSR count). The number of nitrogens with one attached hydrogen (secondary N) is 2. The van der Waals surface area contributed by atoms with Crippen LogP contribution < -0.4 is 16.2 Å². The molecule has 0 fully saturated rings. The Hall–Kier alpha value is -4.06. The van der Waals surface area contributed by atoms with Crippen molar-refractivity contribution in [2.75, 3.05) is 26.0 Å². The van der Waals surface area contributed by atoms with E-state index in [4.69, 9.17) is 14.1 Å². The van der Waals surface area contributed by atoms with E-state index in [1.54, 1.807) is 32.4 Å². The van der Waals surface area contributed by atoms with Gasteiger partial charge in [-0.3, -0.25) is 14.4 Å². The van der Waals surface area contributed by atoms with Gasteiger partial charge >= 0.3 is 6.09 Å². The van der Waals surface area contributed by atoms with E-state index in [9.17, 15) is 24.3 Å². The highest BCUT2D eigenvalue weighted by molar-refractivity contribution is 6.76. The largest absolute Gasteiger partial charge is 0.465 e. The number of fused-ring (bicyclic) bond motifs is 1. The Morgan fingerprint density at radius 2 is 1.74 bits per heavy atom. The first-order valence-corrected chi connectivity index (χ1v) is 25.2. The number of anilines is 1. The molecule has 2 aromatic heterocycles. The van der Waals surface area contributed by atoms with Gasteiger partial charge in [0.25, 0.3) is 5.56 Å². The van der Waals surface area contributed by atoms with E-state index in [-0.39, 0.29) is 54.8 Å². The second kappa shape index (κ2) is 18.5. The number of aromatic nitrogens is 3. The predicted octanol–water partition coefficient (Wildman–Crippen LogP) is 7.28. The molecule has 0 saturated heterocycles. The quantitative estimate of drug-likeness (QED) is 0.0691. The molecule has 298 valence electrons. The molecule has 1 unspecified atom stereocenters. The van der Waals surface area contributed by atoms with Crippen molar-refractivity contribution in [3.63, 3.8) is 0 Å². The zero-order valence-electron chi connectivity index (χ0n) is 34.3. The molecule has 0 aliphatic rings. The van der Waals surface area contributed by atoms with E-state index in [2.05, 4.69) is 84.1 Å². The average molecular weight is 783 g/mol. The number of carbonyl (C=O) groups excluding carboxylic acids is 2. The van der Waals surface area contributed by atoms with Gasteiger partial charge in [-0.15, -0.1) is 0 Å². The van der Waals surface area contributed by atoms with Crippen LogP contribution in [0.1, 0.15) is 65.0 Å². The highest BCUT2D eigenvalue weighted by Gasteiger charge is 2.40. The number of carbonyl (C=O) groups is 3. The number of nitrogens with zero attached hydrogens (tertiary/aromatic N) is 4. The molecule has 0 radical (unpaired) electrons. The average Bonchev–Trinajstić information content (AvgIpc) is 3.40. The minimum atomic E-state index is -2.17. The van der Waals surface area contributed by atoms with Crippen LogP contribution in [0.2, 0.25) is 43.8 Å². The number of carboxylic acid groups (broad SMARTS) is 1. The monoisotopic (exact) mass is 782 g/mol. The lowest BCUT2D eigenvalue weighted by molar-refractivity contribution is -0.123. The first kappa shape index (κ1) is 44.3. The third kappa shape index (κ3) is 12.2. The second-order valence-electron chi connectivity index (χ2n) is 17.1. The molecule has 2 heterocycles. The minimum absolute atomic E-state index is 0.00426. The van der Waals surface area contributed by atoms with Gasteiger partial charge in [-0.05, 0) is 67.2 Å². The third-order valence-corrected chi connectivity index (χ3v) is 15.9. The minimum Gasteiger partial charge on any atom is -0.465 e. The lowest BCUT2D eigenvalue weighted by Gasteiger charge is -2.40. The molecule has 0 aliphatic heterocycles. The van der Waals surface area contributed by atoms with Crippen LogP contribution in [-0.2, 0) is 32.0 Å². The number of rotatable bonds is 18. The number of hydrogen-bond acceptors (Lipinski definition) is 7. The normalized spacial score (nSPS) is 13.7. The molecule has 13 nitrogen and oxygen atoms in total. The fourth-order valence-corrected chi connectivity index (χ4v) is 7.59. The summed E-state index contributed by atoms with van der Waals surface area (Å²) in [5, 5.41) is 14.2. The Kier molecular flexibility index (Phi) is 15.2. The van der Waals surface area contributed by atoms with Gasteiger partial charge in [0.15, 0.2) is 8.32 Å². The van der Waals surface area contributed by atoms with Crippen LogP contribution in [0.15, 0.2) is 53.5 Å². The SMILES string of the molecule is CC(C)C(O[Si](C)(C)C(C)(C)C)c1cccc2c1nc(Cn1cccc(NC(=O)[C@H](CC/C=C/C(=O)N(C)C)NC(=O)O)c1=O)n2COCC[Si](C)(C)C. The maximum atomic E-state index is 13.8. The molecule has 3 N–H and O–H groups in total. The summed E-state index contributed by atoms with van der Waals surface area (Å²) in [4.78, 5) is 57.1. The Morgan fingerprint density at radius 1 is 1.06 bits per heavy atom. The van der Waals surface area contributed by atoms with Gasteiger partial charge < -0.3 is 38.9 Å². The molecule has 2 atom stereocenters. The fourth-order valence-electron chi connectivity index (χ4n) is 5.44. The summed E-state index contributed by atoms with van der Waals surface area (Å²) < 4.78 is 16.8. The number of amides is 3. The van der Waals surface area contributed by atoms with Crippen LogP contribution in [0.3, 0.4) is 0 Å². The molecule has 3 aromatic rings. The van der Waals surface area contributed by atoms with Crippen LogP contribution in [0.25, 0.3) is 11.0 Å². The molecule has 0 spiro atoms. The standard InChI is InChI=1S/C39H62N6O7Si2/c1-27(2)35(52-54(11,12)39(3,4)5)28-17-15-20-31-34(28)42-32(45(31)26-51-23-24-53(8,9)10)25-44-22-16-19-30(37(44)48)40-36(47)29(41-38(49)50)18-13-14-21-33(46)43(6)7/h14-17,19-22,27,29,35,41H,13,18,23-26H2,1-12H3,(H,40,47)(H,49,50)/b21-14+/t29-,35?/m0/s1. The van der Waals surface area contributed by atoms with Crippen molar-refractivity contribution in [1.29, 1.82) is 0 Å². The number of allylic oxidation sites excluding steroid dienone is 1. The fraction of sp³-hybridized carbons (Fsp3) is 0.564. The second-order valence-corrected chi connectivity index (χ2v) is 27.5. The molecule has 0 bridgehead atoms. The van der Waals surface area contributed by atoms with Gasteiger partial charge in [-0.2, -0.15) is 0 Å². The summed E-state index contributed by atoms with van der Waals surface area (Å²) in [7, 11) is -0.277. The van der Waals surface area contributed by atoms with E-state index in [0.29, 0.717) is 12.4 Å². The molecule has 1 aromatic carbocycles. The lowest BCUT2D eigenvalue weighted by Crippen LogP contribution is -2.44. The maximum Gasteiger partial charge on any atom is 0.405 e. The molecule has 3 amide bonds. The first-order valence-electron chi connectivity index (χ1n) is 18.6. The maximum absolute atomic E-state index is 13.8. The molecular formula is C39H62N6O7Si2. The van der Waals surface area contributed by atoms with E-state index in [1.807, 2.05) is 16.7 Å². The number of benzene rings is 1. The van der Waals surface area contributed by atoms with Crippen molar-refractivity contribution in [2.45, 2.75) is 117 Å². The summed E-state index contributed by atoms with van der Waals surface area (Å²) in [5.74, 6) is -0.136. The Bertz CT molecular complexity index is 1850. The number of imidazole rings is 1. The van der Waals surface area contributed by atoms with E-state index < -0.39 is 40.0 Å². The van der Waals surface area contributed by atoms with Gasteiger partial charge in [0, 0.05) is 40.5 Å². The van der Waals surface area contributed by atoms with E-state index >= 15 is 0 Å². The van der Waals surface area contributed by atoms with E-state index in [0.717, 1.165) is 22.6 Å². The summed E-state index contributed by atoms with van der Waals surface area (Å²) in [6.07, 6.45) is 3.33. The summed E-state index contributed by atoms with van der Waals surface area (Å²) in [6, 6.07) is 9.08. The van der Waals surface area contributed by atoms with Crippen molar-refractivity contribution in [3.8, 4) is 0 Å². The number of hydrogen-bond donors (Lipinski definition) is 3. The first-order chi connectivity index (χ1) is 25.0. The smallest absolute Gasteiger partial charge is 0.405 e. The number of ether oxygens (including phenoxy) is 1. The van der Waals surface area contributed by atoms with Crippen LogP contribution in [0.5, 0.6) is 0 Å². The number of pyridine rings is 1.